The molecule has 0 heterocycles. The van der Waals surface area contributed by atoms with Crippen molar-refractivity contribution >= 4 is 29.1 Å². The van der Waals surface area contributed by atoms with Crippen LogP contribution in [-0.4, -0.2) is 23.0 Å². The summed E-state index contributed by atoms with van der Waals surface area (Å²) in [7, 11) is 0. The third-order valence-electron chi connectivity index (χ3n) is 2.01. The molecule has 0 unspecified atom stereocenters. The first kappa shape index (κ1) is 14.1. The van der Waals surface area contributed by atoms with E-state index in [1.54, 1.807) is 6.07 Å². The summed E-state index contributed by atoms with van der Waals surface area (Å²) in [5.41, 5.74) is -0.0827. The quantitative estimate of drug-likeness (QED) is 0.432. The Hall–Kier alpha value is -0.940. The van der Waals surface area contributed by atoms with Gasteiger partial charge in [0.25, 0.3) is 0 Å². The van der Waals surface area contributed by atoms with Crippen LogP contribution in [0.25, 0.3) is 0 Å². The van der Waals surface area contributed by atoms with Crippen LogP contribution in [0.3, 0.4) is 0 Å². The topological polar surface area (TPSA) is 52.4 Å². The molecule has 0 radical (unpaired) electrons. The highest BCUT2D eigenvalue weighted by Gasteiger charge is 2.15. The number of nitro groups is 1. The van der Waals surface area contributed by atoms with Gasteiger partial charge in [0.15, 0.2) is 5.75 Å². The van der Waals surface area contributed by atoms with E-state index in [9.17, 15) is 10.1 Å². The first-order valence-corrected chi connectivity index (χ1v) is 6.83. The molecule has 6 heteroatoms. The van der Waals surface area contributed by atoms with E-state index in [0.29, 0.717) is 11.6 Å². The van der Waals surface area contributed by atoms with Crippen molar-refractivity contribution in [2.24, 2.45) is 0 Å². The van der Waals surface area contributed by atoms with Gasteiger partial charge in [-0.15, -0.1) is 0 Å². The van der Waals surface area contributed by atoms with E-state index in [1.807, 2.05) is 11.8 Å². The molecule has 17 heavy (non-hydrogen) atoms. The number of benzene rings is 1. The van der Waals surface area contributed by atoms with Gasteiger partial charge in [-0.05, 0) is 30.1 Å². The zero-order valence-electron chi connectivity index (χ0n) is 9.52. The molecule has 0 fully saturated rings. The fraction of sp³-hybridized carbons (Fsp3) is 0.455. The third kappa shape index (κ3) is 4.83. The van der Waals surface area contributed by atoms with Crippen LogP contribution in [0.2, 0.25) is 5.02 Å². The van der Waals surface area contributed by atoms with Gasteiger partial charge in [0.1, 0.15) is 0 Å². The molecule has 1 aromatic carbocycles. The normalized spacial score (nSPS) is 10.2. The molecule has 0 bridgehead atoms. The average molecular weight is 276 g/mol. The second-order valence-corrected chi connectivity index (χ2v) is 5.10. The van der Waals surface area contributed by atoms with Crippen molar-refractivity contribution < 1.29 is 9.66 Å². The summed E-state index contributed by atoms with van der Waals surface area (Å²) in [5.74, 6) is 2.35. The van der Waals surface area contributed by atoms with Gasteiger partial charge in [-0.2, -0.15) is 11.8 Å². The molecule has 0 aromatic heterocycles. The molecule has 94 valence electrons. The number of nitro benzene ring substituents is 1. The van der Waals surface area contributed by atoms with Crippen LogP contribution in [-0.2, 0) is 0 Å². The lowest BCUT2D eigenvalue weighted by Gasteiger charge is -2.06. The Morgan fingerprint density at radius 1 is 1.53 bits per heavy atom. The molecule has 0 amide bonds. The highest BCUT2D eigenvalue weighted by atomic mass is 35.5. The van der Waals surface area contributed by atoms with E-state index < -0.39 is 4.92 Å². The van der Waals surface area contributed by atoms with Gasteiger partial charge in [0.2, 0.25) is 0 Å². The zero-order valence-corrected chi connectivity index (χ0v) is 11.1. The molecule has 4 nitrogen and oxygen atoms in total. The number of thioether (sulfide) groups is 1. The third-order valence-corrected chi connectivity index (χ3v) is 3.23. The first-order valence-electron chi connectivity index (χ1n) is 5.29. The smallest absolute Gasteiger partial charge is 0.312 e. The number of hydrogen-bond acceptors (Lipinski definition) is 4. The summed E-state index contributed by atoms with van der Waals surface area (Å²) < 4.78 is 5.39. The van der Waals surface area contributed by atoms with Crippen molar-refractivity contribution in [2.75, 3.05) is 18.1 Å². The van der Waals surface area contributed by atoms with E-state index in [4.69, 9.17) is 16.3 Å². The lowest BCUT2D eigenvalue weighted by molar-refractivity contribution is -0.385. The van der Waals surface area contributed by atoms with Gasteiger partial charge < -0.3 is 4.74 Å². The van der Waals surface area contributed by atoms with Crippen molar-refractivity contribution in [1.82, 2.24) is 0 Å². The summed E-state index contributed by atoms with van der Waals surface area (Å²) in [6, 6.07) is 4.43. The van der Waals surface area contributed by atoms with Gasteiger partial charge >= 0.3 is 5.69 Å². The average Bonchev–Trinajstić information content (AvgIpc) is 2.30. The van der Waals surface area contributed by atoms with Crippen molar-refractivity contribution in [2.45, 2.75) is 13.3 Å². The molecule has 1 rings (SSSR count). The van der Waals surface area contributed by atoms with Crippen LogP contribution in [0.15, 0.2) is 18.2 Å². The highest BCUT2D eigenvalue weighted by Crippen LogP contribution is 2.29. The number of hydrogen-bond donors (Lipinski definition) is 0. The largest absolute Gasteiger partial charge is 0.487 e. The molecule has 0 saturated heterocycles. The Bertz CT molecular complexity index is 387. The summed E-state index contributed by atoms with van der Waals surface area (Å²) >= 11 is 7.52. The van der Waals surface area contributed by atoms with Crippen molar-refractivity contribution in [1.29, 1.82) is 0 Å². The van der Waals surface area contributed by atoms with Crippen LogP contribution >= 0.6 is 23.4 Å². The maximum Gasteiger partial charge on any atom is 0.312 e. The van der Waals surface area contributed by atoms with Crippen LogP contribution in [0.4, 0.5) is 5.69 Å². The molecule has 0 saturated carbocycles. The molecular weight excluding hydrogens is 262 g/mol. The monoisotopic (exact) mass is 275 g/mol. The minimum atomic E-state index is -0.484. The summed E-state index contributed by atoms with van der Waals surface area (Å²) in [5, 5.41) is 11.1. The van der Waals surface area contributed by atoms with Gasteiger partial charge in [-0.25, -0.2) is 0 Å². The zero-order chi connectivity index (χ0) is 12.7. The molecular formula is C11H14ClNO3S. The lowest BCUT2D eigenvalue weighted by atomic mass is 10.3. The fourth-order valence-corrected chi connectivity index (χ4v) is 2.02. The molecule has 0 aliphatic rings. The maximum absolute atomic E-state index is 10.8. The Morgan fingerprint density at radius 2 is 2.29 bits per heavy atom. The molecule has 0 aliphatic heterocycles. The highest BCUT2D eigenvalue weighted by molar-refractivity contribution is 7.99. The molecule has 1 aromatic rings. The minimum Gasteiger partial charge on any atom is -0.487 e. The van der Waals surface area contributed by atoms with Crippen LogP contribution in [0.1, 0.15) is 13.3 Å². The SMILES string of the molecule is CCSCCCOc1ccc(Cl)cc1[N+](=O)[O-]. The second kappa shape index (κ2) is 7.40. The number of ether oxygens (including phenoxy) is 1. The Labute approximate surface area is 109 Å². The number of halogens is 1. The van der Waals surface area contributed by atoms with E-state index in [-0.39, 0.29) is 11.4 Å². The Balaban J connectivity index is 2.55. The predicted molar refractivity (Wildman–Crippen MR) is 71.2 cm³/mol. The van der Waals surface area contributed by atoms with Crippen LogP contribution in [0.5, 0.6) is 5.75 Å². The molecule has 0 N–H and O–H groups in total. The van der Waals surface area contributed by atoms with Crippen molar-refractivity contribution in [3.63, 3.8) is 0 Å². The number of rotatable bonds is 7. The summed E-state index contributed by atoms with van der Waals surface area (Å²) in [6.45, 7) is 2.57. The van der Waals surface area contributed by atoms with Gasteiger partial charge in [0, 0.05) is 11.1 Å². The first-order chi connectivity index (χ1) is 8.15. The lowest BCUT2D eigenvalue weighted by Crippen LogP contribution is -2.01. The Kier molecular flexibility index (Phi) is 6.15. The number of nitrogens with zero attached hydrogens (tertiary/aromatic N) is 1. The van der Waals surface area contributed by atoms with E-state index in [0.717, 1.165) is 17.9 Å². The maximum atomic E-state index is 10.8. The van der Waals surface area contributed by atoms with Gasteiger partial charge in [0.05, 0.1) is 11.5 Å². The minimum absolute atomic E-state index is 0.0827. The summed E-state index contributed by atoms with van der Waals surface area (Å²) in [4.78, 5) is 10.3. The van der Waals surface area contributed by atoms with E-state index in [2.05, 4.69) is 6.92 Å². The van der Waals surface area contributed by atoms with Gasteiger partial charge in [-0.3, -0.25) is 10.1 Å². The molecule has 0 atom stereocenters. The predicted octanol–water partition coefficient (Wildman–Crippen LogP) is 3.77. The molecule has 0 aliphatic carbocycles. The van der Waals surface area contributed by atoms with Crippen molar-refractivity contribution in [3.8, 4) is 5.75 Å². The standard InChI is InChI=1S/C11H14ClNO3S/c1-2-17-7-3-6-16-11-5-4-9(12)8-10(11)13(14)15/h4-5,8H,2-3,6-7H2,1H3. The van der Waals surface area contributed by atoms with Crippen LogP contribution in [0, 0.1) is 10.1 Å². The second-order valence-electron chi connectivity index (χ2n) is 3.27. The van der Waals surface area contributed by atoms with E-state index in [1.165, 1.54) is 12.1 Å². The summed E-state index contributed by atoms with van der Waals surface area (Å²) in [6.07, 6.45) is 0.873. The fourth-order valence-electron chi connectivity index (χ4n) is 1.24. The van der Waals surface area contributed by atoms with Crippen molar-refractivity contribution in [3.05, 3.63) is 33.3 Å². The Morgan fingerprint density at radius 3 is 2.94 bits per heavy atom. The van der Waals surface area contributed by atoms with E-state index >= 15 is 0 Å². The van der Waals surface area contributed by atoms with Gasteiger partial charge in [-0.1, -0.05) is 18.5 Å². The van der Waals surface area contributed by atoms with Crippen LogP contribution < -0.4 is 4.74 Å². The molecule has 0 spiro atoms.